The molecule has 1 aliphatic rings. The summed E-state index contributed by atoms with van der Waals surface area (Å²) in [6.45, 7) is 6.55. The van der Waals surface area contributed by atoms with Crippen molar-refractivity contribution in [3.05, 3.63) is 48.6 Å². The monoisotopic (exact) mass is 284 g/mol. The highest BCUT2D eigenvalue weighted by Crippen LogP contribution is 2.26. The van der Waals surface area contributed by atoms with Crippen molar-refractivity contribution in [3.63, 3.8) is 0 Å². The van der Waals surface area contributed by atoms with Crippen LogP contribution in [-0.4, -0.2) is 25.3 Å². The summed E-state index contributed by atoms with van der Waals surface area (Å²) in [5.41, 5.74) is 0.376. The van der Waals surface area contributed by atoms with Gasteiger partial charge in [-0.1, -0.05) is 18.7 Å². The van der Waals surface area contributed by atoms with Gasteiger partial charge in [0.15, 0.2) is 0 Å². The van der Waals surface area contributed by atoms with Crippen LogP contribution in [0.4, 0.5) is 0 Å². The molecular weight excluding hydrogens is 268 g/mol. The lowest BCUT2D eigenvalue weighted by molar-refractivity contribution is -0.130. The Hall–Kier alpha value is -2.33. The second-order valence-electron chi connectivity index (χ2n) is 5.11. The fraction of sp³-hybridized carbons (Fsp3) is 0.235. The molecule has 2 aromatic rings. The zero-order chi connectivity index (χ0) is 14.8. The third-order valence-corrected chi connectivity index (χ3v) is 3.18. The highest BCUT2D eigenvalue weighted by Gasteiger charge is 2.23. The van der Waals surface area contributed by atoms with Gasteiger partial charge in [-0.15, -0.1) is 0 Å². The molecule has 0 saturated carbocycles. The third kappa shape index (κ3) is 3.41. The Balaban J connectivity index is 1.76. The second-order valence-corrected chi connectivity index (χ2v) is 5.11. The molecule has 3 rings (SSSR count). The first-order chi connectivity index (χ1) is 10.1. The van der Waals surface area contributed by atoms with Crippen molar-refractivity contribution in [3.8, 4) is 11.5 Å². The fourth-order valence-corrected chi connectivity index (χ4v) is 1.90. The molecule has 1 atom stereocenters. The number of benzene rings is 2. The van der Waals surface area contributed by atoms with Crippen molar-refractivity contribution in [2.24, 2.45) is 0 Å². The topological polar surface area (TPSA) is 48.1 Å². The van der Waals surface area contributed by atoms with Crippen molar-refractivity contribution in [1.29, 1.82) is 0 Å². The zero-order valence-electron chi connectivity index (χ0n) is 11.8. The van der Waals surface area contributed by atoms with E-state index in [1.165, 1.54) is 0 Å². The van der Waals surface area contributed by atoms with E-state index in [0.717, 1.165) is 23.1 Å². The molecule has 0 spiro atoms. The van der Waals surface area contributed by atoms with Gasteiger partial charge in [-0.2, -0.15) is 0 Å². The standard InChI is InChI=1S/C17H16O4/c1-11(2)17(18)21-15-6-4-12-7-14(5-3-13(12)8-15)19-9-16-10-20-16/h3-8,16H,1,9-10H2,2H3. The normalized spacial score (nSPS) is 16.5. The Morgan fingerprint density at radius 3 is 2.48 bits per heavy atom. The number of carbonyl (C=O) groups is 1. The first-order valence-corrected chi connectivity index (χ1v) is 6.78. The maximum Gasteiger partial charge on any atom is 0.338 e. The Morgan fingerprint density at radius 1 is 1.24 bits per heavy atom. The van der Waals surface area contributed by atoms with Crippen LogP contribution in [0.15, 0.2) is 48.6 Å². The number of esters is 1. The van der Waals surface area contributed by atoms with Gasteiger partial charge in [0.2, 0.25) is 0 Å². The lowest BCUT2D eigenvalue weighted by Crippen LogP contribution is -2.08. The smallest absolute Gasteiger partial charge is 0.338 e. The molecule has 21 heavy (non-hydrogen) atoms. The largest absolute Gasteiger partial charge is 0.491 e. The number of rotatable bonds is 5. The fourth-order valence-electron chi connectivity index (χ4n) is 1.90. The SMILES string of the molecule is C=C(C)C(=O)Oc1ccc2cc(OCC3CO3)ccc2c1. The van der Waals surface area contributed by atoms with Gasteiger partial charge < -0.3 is 14.2 Å². The molecule has 0 aliphatic carbocycles. The van der Waals surface area contributed by atoms with Gasteiger partial charge in [-0.3, -0.25) is 0 Å². The van der Waals surface area contributed by atoms with E-state index in [2.05, 4.69) is 6.58 Å². The molecule has 108 valence electrons. The number of hydrogen-bond donors (Lipinski definition) is 0. The number of ether oxygens (including phenoxy) is 3. The molecule has 1 fully saturated rings. The third-order valence-electron chi connectivity index (χ3n) is 3.18. The lowest BCUT2D eigenvalue weighted by atomic mass is 10.1. The molecule has 0 bridgehead atoms. The molecule has 2 aromatic carbocycles. The molecule has 1 unspecified atom stereocenters. The van der Waals surface area contributed by atoms with Gasteiger partial charge in [-0.05, 0) is 42.0 Å². The molecule has 1 aliphatic heterocycles. The van der Waals surface area contributed by atoms with E-state index in [0.29, 0.717) is 17.9 Å². The van der Waals surface area contributed by atoms with E-state index in [1.54, 1.807) is 13.0 Å². The van der Waals surface area contributed by atoms with Crippen molar-refractivity contribution < 1.29 is 19.0 Å². The van der Waals surface area contributed by atoms with Crippen LogP contribution >= 0.6 is 0 Å². The van der Waals surface area contributed by atoms with Gasteiger partial charge in [0.25, 0.3) is 0 Å². The van der Waals surface area contributed by atoms with Crippen LogP contribution in [0.3, 0.4) is 0 Å². The molecule has 0 N–H and O–H groups in total. The first-order valence-electron chi connectivity index (χ1n) is 6.78. The molecule has 4 heteroatoms. The van der Waals surface area contributed by atoms with E-state index < -0.39 is 5.97 Å². The summed E-state index contributed by atoms with van der Waals surface area (Å²) < 4.78 is 16.0. The number of hydrogen-bond acceptors (Lipinski definition) is 4. The predicted molar refractivity (Wildman–Crippen MR) is 79.6 cm³/mol. The predicted octanol–water partition coefficient (Wildman–Crippen LogP) is 3.10. The van der Waals surface area contributed by atoms with Crippen LogP contribution in [0.5, 0.6) is 11.5 Å². The molecule has 0 radical (unpaired) electrons. The minimum absolute atomic E-state index is 0.240. The number of epoxide rings is 1. The van der Waals surface area contributed by atoms with E-state index in [1.807, 2.05) is 30.3 Å². The Kier molecular flexibility index (Phi) is 3.62. The average Bonchev–Trinajstić information content (AvgIpc) is 3.29. The Morgan fingerprint density at radius 2 is 1.86 bits per heavy atom. The first kappa shape index (κ1) is 13.6. The van der Waals surface area contributed by atoms with E-state index in [-0.39, 0.29) is 6.10 Å². The summed E-state index contributed by atoms with van der Waals surface area (Å²) in [6.07, 6.45) is 0.240. The van der Waals surface area contributed by atoms with Crippen LogP contribution in [0.2, 0.25) is 0 Å². The number of carbonyl (C=O) groups excluding carboxylic acids is 1. The van der Waals surface area contributed by atoms with Gasteiger partial charge in [-0.25, -0.2) is 4.79 Å². The lowest BCUT2D eigenvalue weighted by Gasteiger charge is -2.08. The minimum Gasteiger partial charge on any atom is -0.491 e. The summed E-state index contributed by atoms with van der Waals surface area (Å²) in [4.78, 5) is 11.5. The van der Waals surface area contributed by atoms with Crippen LogP contribution in [0.25, 0.3) is 10.8 Å². The van der Waals surface area contributed by atoms with E-state index in [4.69, 9.17) is 14.2 Å². The van der Waals surface area contributed by atoms with Crippen LogP contribution < -0.4 is 9.47 Å². The highest BCUT2D eigenvalue weighted by molar-refractivity contribution is 5.90. The summed E-state index contributed by atoms with van der Waals surface area (Å²) in [5.74, 6) is 0.902. The van der Waals surface area contributed by atoms with Crippen LogP contribution in [0.1, 0.15) is 6.92 Å². The summed E-state index contributed by atoms with van der Waals surface area (Å²) in [5, 5.41) is 2.01. The maximum absolute atomic E-state index is 11.5. The van der Waals surface area contributed by atoms with E-state index in [9.17, 15) is 4.79 Å². The molecule has 1 heterocycles. The highest BCUT2D eigenvalue weighted by atomic mass is 16.6. The van der Waals surface area contributed by atoms with Crippen LogP contribution in [-0.2, 0) is 9.53 Å². The van der Waals surface area contributed by atoms with Crippen molar-refractivity contribution >= 4 is 16.7 Å². The minimum atomic E-state index is -0.418. The second kappa shape index (κ2) is 5.58. The summed E-state index contributed by atoms with van der Waals surface area (Å²) in [6, 6.07) is 11.3. The average molecular weight is 284 g/mol. The van der Waals surface area contributed by atoms with Gasteiger partial charge in [0, 0.05) is 5.57 Å². The Labute approximate surface area is 122 Å². The number of fused-ring (bicyclic) bond motifs is 1. The summed E-state index contributed by atoms with van der Waals surface area (Å²) in [7, 11) is 0. The zero-order valence-corrected chi connectivity index (χ0v) is 11.8. The van der Waals surface area contributed by atoms with Crippen LogP contribution in [0, 0.1) is 0 Å². The van der Waals surface area contributed by atoms with Crippen molar-refractivity contribution in [1.82, 2.24) is 0 Å². The summed E-state index contributed by atoms with van der Waals surface area (Å²) >= 11 is 0. The van der Waals surface area contributed by atoms with Crippen molar-refractivity contribution in [2.45, 2.75) is 13.0 Å². The van der Waals surface area contributed by atoms with Gasteiger partial charge in [0.05, 0.1) is 6.61 Å². The van der Waals surface area contributed by atoms with Gasteiger partial charge >= 0.3 is 5.97 Å². The maximum atomic E-state index is 11.5. The molecule has 0 amide bonds. The molecule has 4 nitrogen and oxygen atoms in total. The molecule has 0 aromatic heterocycles. The van der Waals surface area contributed by atoms with Gasteiger partial charge in [0.1, 0.15) is 24.2 Å². The van der Waals surface area contributed by atoms with E-state index >= 15 is 0 Å². The quantitative estimate of drug-likeness (QED) is 0.366. The molecular formula is C17H16O4. The molecule has 1 saturated heterocycles. The Bertz CT molecular complexity index is 701. The van der Waals surface area contributed by atoms with Crippen molar-refractivity contribution in [2.75, 3.05) is 13.2 Å².